The van der Waals surface area contributed by atoms with Gasteiger partial charge in [0.25, 0.3) is 11.5 Å². The van der Waals surface area contributed by atoms with Gasteiger partial charge in [-0.1, -0.05) is 18.2 Å². The number of aromatic nitrogens is 3. The first kappa shape index (κ1) is 21.9. The molecule has 1 N–H and O–H groups in total. The SMILES string of the molecule is C[C@@H](Nc1ncnc2cc(=O)n([C@H]3C[C@@H](F)C4CC3C4)cc12)c1cccc(C(C)(F)F)c1F. The minimum atomic E-state index is -3.31. The van der Waals surface area contributed by atoms with E-state index in [0.29, 0.717) is 30.1 Å². The quantitative estimate of drug-likeness (QED) is 0.509. The lowest BCUT2D eigenvalue weighted by molar-refractivity contribution is -0.0183. The van der Waals surface area contributed by atoms with E-state index in [1.54, 1.807) is 17.7 Å². The standard InChI is InChI=1S/C24H24F4N4O/c1-12(15-4-3-5-17(22(15)26)24(2,27)28)31-23-16-10-32(21(33)9-19(16)29-11-30-23)20-8-18(25)13-6-14(20)7-13/h3-5,9-14,18,20H,6-8H2,1-2H3,(H,29,30,31)/t12-,13?,14?,18-,20+/m1/s1. The highest BCUT2D eigenvalue weighted by molar-refractivity contribution is 5.88. The molecule has 3 fully saturated rings. The monoisotopic (exact) mass is 460 g/mol. The molecule has 3 saturated carbocycles. The predicted molar refractivity (Wildman–Crippen MR) is 117 cm³/mol. The van der Waals surface area contributed by atoms with Crippen LogP contribution in [-0.4, -0.2) is 20.7 Å². The van der Waals surface area contributed by atoms with Crippen molar-refractivity contribution in [2.45, 2.75) is 57.3 Å². The minimum Gasteiger partial charge on any atom is -0.363 e. The van der Waals surface area contributed by atoms with Gasteiger partial charge in [0.2, 0.25) is 0 Å². The number of alkyl halides is 3. The van der Waals surface area contributed by atoms with Crippen molar-refractivity contribution in [3.63, 3.8) is 0 Å². The first-order valence-electron chi connectivity index (χ1n) is 11.1. The first-order valence-corrected chi connectivity index (χ1v) is 11.1. The molecule has 0 aliphatic heterocycles. The van der Waals surface area contributed by atoms with Crippen LogP contribution in [0, 0.1) is 17.7 Å². The van der Waals surface area contributed by atoms with Crippen LogP contribution in [0.4, 0.5) is 23.4 Å². The van der Waals surface area contributed by atoms with Gasteiger partial charge < -0.3 is 9.88 Å². The van der Waals surface area contributed by atoms with Gasteiger partial charge in [0, 0.05) is 30.8 Å². The number of hydrogen-bond acceptors (Lipinski definition) is 4. The van der Waals surface area contributed by atoms with Gasteiger partial charge in [-0.15, -0.1) is 0 Å². The summed E-state index contributed by atoms with van der Waals surface area (Å²) in [5.41, 5.74) is -0.463. The molecule has 9 heteroatoms. The summed E-state index contributed by atoms with van der Waals surface area (Å²) in [6.07, 6.45) is 3.86. The third-order valence-corrected chi connectivity index (χ3v) is 7.11. The molecule has 2 aromatic heterocycles. The third-order valence-electron chi connectivity index (χ3n) is 7.11. The van der Waals surface area contributed by atoms with E-state index in [2.05, 4.69) is 15.3 Å². The Bertz CT molecular complexity index is 1270. The molecule has 5 nitrogen and oxygen atoms in total. The molecule has 0 amide bonds. The Hall–Kier alpha value is -2.97. The lowest BCUT2D eigenvalue weighted by atomic mass is 9.61. The molecule has 3 aromatic rings. The molecule has 1 aromatic carbocycles. The fourth-order valence-corrected chi connectivity index (χ4v) is 5.20. The van der Waals surface area contributed by atoms with Crippen LogP contribution in [0.5, 0.6) is 0 Å². The number of rotatable bonds is 5. The largest absolute Gasteiger partial charge is 0.363 e. The zero-order valence-electron chi connectivity index (χ0n) is 18.2. The van der Waals surface area contributed by atoms with Crippen molar-refractivity contribution in [1.82, 2.24) is 14.5 Å². The van der Waals surface area contributed by atoms with Gasteiger partial charge in [-0.3, -0.25) is 4.79 Å². The Balaban J connectivity index is 1.51. The Morgan fingerprint density at radius 1 is 1.18 bits per heavy atom. The minimum absolute atomic E-state index is 0.0715. The maximum absolute atomic E-state index is 14.8. The van der Waals surface area contributed by atoms with Crippen LogP contribution in [0.2, 0.25) is 0 Å². The van der Waals surface area contributed by atoms with Crippen LogP contribution in [0.15, 0.2) is 41.6 Å². The lowest BCUT2D eigenvalue weighted by Gasteiger charge is -2.48. The van der Waals surface area contributed by atoms with Crippen LogP contribution in [0.3, 0.4) is 0 Å². The van der Waals surface area contributed by atoms with Crippen LogP contribution in [0.1, 0.15) is 56.3 Å². The summed E-state index contributed by atoms with van der Waals surface area (Å²) in [6.45, 7) is 2.30. The first-order chi connectivity index (χ1) is 15.6. The summed E-state index contributed by atoms with van der Waals surface area (Å²) < 4.78 is 58.3. The molecule has 0 saturated heterocycles. The van der Waals surface area contributed by atoms with Crippen LogP contribution >= 0.6 is 0 Å². The molecule has 174 valence electrons. The second-order valence-electron chi connectivity index (χ2n) is 9.31. The van der Waals surface area contributed by atoms with E-state index < -0.39 is 29.5 Å². The van der Waals surface area contributed by atoms with E-state index in [1.807, 2.05) is 0 Å². The van der Waals surface area contributed by atoms with Crippen molar-refractivity contribution in [3.05, 3.63) is 64.1 Å². The maximum Gasteiger partial charge on any atom is 0.273 e. The number of benzene rings is 1. The summed E-state index contributed by atoms with van der Waals surface area (Å²) in [5.74, 6) is -3.58. The Morgan fingerprint density at radius 2 is 1.94 bits per heavy atom. The normalized spacial score (nSPS) is 25.5. The van der Waals surface area contributed by atoms with Crippen molar-refractivity contribution >= 4 is 16.7 Å². The highest BCUT2D eigenvalue weighted by Gasteiger charge is 2.47. The average Bonchev–Trinajstić information content (AvgIpc) is 2.71. The second kappa shape index (κ2) is 7.81. The van der Waals surface area contributed by atoms with Gasteiger partial charge in [0.1, 0.15) is 24.1 Å². The molecule has 0 spiro atoms. The van der Waals surface area contributed by atoms with Gasteiger partial charge in [-0.25, -0.2) is 27.5 Å². The molecule has 2 heterocycles. The molecule has 2 bridgehead atoms. The van der Waals surface area contributed by atoms with E-state index in [1.165, 1.54) is 24.5 Å². The van der Waals surface area contributed by atoms with E-state index in [0.717, 1.165) is 18.9 Å². The van der Waals surface area contributed by atoms with Crippen molar-refractivity contribution < 1.29 is 17.6 Å². The highest BCUT2D eigenvalue weighted by Crippen LogP contribution is 2.52. The molecule has 3 aliphatic rings. The third kappa shape index (κ3) is 3.77. The fraction of sp³-hybridized carbons (Fsp3) is 0.458. The fourth-order valence-electron chi connectivity index (χ4n) is 5.20. The Kier molecular flexibility index (Phi) is 5.17. The number of fused-ring (bicyclic) bond motifs is 3. The molecule has 3 aliphatic carbocycles. The number of nitrogens with one attached hydrogen (secondary N) is 1. The molecule has 33 heavy (non-hydrogen) atoms. The summed E-state index contributed by atoms with van der Waals surface area (Å²) in [6, 6.07) is 4.37. The Morgan fingerprint density at radius 3 is 2.64 bits per heavy atom. The molecule has 3 atom stereocenters. The van der Waals surface area contributed by atoms with Crippen molar-refractivity contribution in [2.75, 3.05) is 5.32 Å². The van der Waals surface area contributed by atoms with E-state index >= 15 is 0 Å². The smallest absolute Gasteiger partial charge is 0.273 e. The van der Waals surface area contributed by atoms with E-state index in [-0.39, 0.29) is 29.0 Å². The predicted octanol–water partition coefficient (Wildman–Crippen LogP) is 5.52. The number of halogens is 4. The summed E-state index contributed by atoms with van der Waals surface area (Å²) >= 11 is 0. The maximum atomic E-state index is 14.8. The molecule has 6 rings (SSSR count). The van der Waals surface area contributed by atoms with Gasteiger partial charge in [-0.05, 0) is 38.0 Å². The molecular weight excluding hydrogens is 436 g/mol. The molecule has 0 radical (unpaired) electrons. The van der Waals surface area contributed by atoms with Crippen molar-refractivity contribution in [3.8, 4) is 0 Å². The number of hydrogen-bond donors (Lipinski definition) is 1. The molecule has 0 unspecified atom stereocenters. The van der Waals surface area contributed by atoms with Crippen LogP contribution in [-0.2, 0) is 5.92 Å². The van der Waals surface area contributed by atoms with Gasteiger partial charge >= 0.3 is 0 Å². The van der Waals surface area contributed by atoms with Crippen molar-refractivity contribution in [2.24, 2.45) is 11.8 Å². The summed E-state index contributed by atoms with van der Waals surface area (Å²) in [7, 11) is 0. The number of pyridine rings is 1. The van der Waals surface area contributed by atoms with Gasteiger partial charge in [-0.2, -0.15) is 0 Å². The topological polar surface area (TPSA) is 59.8 Å². The summed E-state index contributed by atoms with van der Waals surface area (Å²) in [4.78, 5) is 21.2. The van der Waals surface area contributed by atoms with E-state index in [9.17, 15) is 22.4 Å². The van der Waals surface area contributed by atoms with E-state index in [4.69, 9.17) is 0 Å². The number of anilines is 1. The zero-order valence-corrected chi connectivity index (χ0v) is 18.2. The Labute approximate surface area is 187 Å². The van der Waals surface area contributed by atoms with Gasteiger partial charge in [0.15, 0.2) is 0 Å². The highest BCUT2D eigenvalue weighted by atomic mass is 19.3. The van der Waals surface area contributed by atoms with Crippen LogP contribution < -0.4 is 10.9 Å². The van der Waals surface area contributed by atoms with Crippen molar-refractivity contribution in [1.29, 1.82) is 0 Å². The average molecular weight is 460 g/mol. The summed E-state index contributed by atoms with van der Waals surface area (Å²) in [5, 5.41) is 3.60. The lowest BCUT2D eigenvalue weighted by Crippen LogP contribution is -2.46. The molecular formula is C24H24F4N4O. The number of nitrogens with zero attached hydrogens (tertiary/aromatic N) is 3. The van der Waals surface area contributed by atoms with Gasteiger partial charge in [0.05, 0.1) is 22.5 Å². The second-order valence-corrected chi connectivity index (χ2v) is 9.31. The zero-order chi connectivity index (χ0) is 23.5. The van der Waals surface area contributed by atoms with Crippen LogP contribution in [0.25, 0.3) is 10.9 Å².